The molecule has 2 nitrogen and oxygen atoms in total. The van der Waals surface area contributed by atoms with Crippen LogP contribution in [0.4, 0.5) is 22.7 Å². The zero-order chi connectivity index (χ0) is 43.2. The first-order chi connectivity index (χ1) is 32.0. The molecular formula is C63H50N2. The molecule has 2 heteroatoms. The standard InChI is InChI=1S/C63H50N2/c1-63(2)56-25-11-10-24-50(56)51-33-29-45(38-57(51)63)60-52-34-30-47(65-37-15-22-44-20-8-13-27-59(44)65)40-55(52)62(61-48-23-9-6-18-42(48)28-32-49(61)41-16-4-3-5-17-41)53-35-31-46(39-54(53)60)64-36-14-21-43-19-7-12-26-58(43)64/h3-13,16-20,23-35,38-40H,14-15,21-22,36-37H2,1-2H3. The van der Waals surface area contributed by atoms with Crippen molar-refractivity contribution in [2.75, 3.05) is 22.9 Å². The summed E-state index contributed by atoms with van der Waals surface area (Å²) in [6.07, 6.45) is 4.48. The third kappa shape index (κ3) is 5.93. The summed E-state index contributed by atoms with van der Waals surface area (Å²) in [6.45, 7) is 6.79. The number of nitrogens with zero attached hydrogens (tertiary/aromatic N) is 2. The highest BCUT2D eigenvalue weighted by molar-refractivity contribution is 6.26. The van der Waals surface area contributed by atoms with Gasteiger partial charge in [-0.25, -0.2) is 0 Å². The quantitative estimate of drug-likeness (QED) is 0.159. The molecule has 3 aliphatic rings. The molecule has 0 fully saturated rings. The lowest BCUT2D eigenvalue weighted by Gasteiger charge is -2.33. The van der Waals surface area contributed by atoms with Crippen molar-refractivity contribution in [3.8, 4) is 44.5 Å². The van der Waals surface area contributed by atoms with Crippen molar-refractivity contribution in [3.05, 3.63) is 216 Å². The van der Waals surface area contributed by atoms with E-state index in [2.05, 4.69) is 218 Å². The summed E-state index contributed by atoms with van der Waals surface area (Å²) in [5.74, 6) is 0. The van der Waals surface area contributed by atoms with Crippen LogP contribution in [0.15, 0.2) is 194 Å². The molecule has 13 rings (SSSR count). The Morgan fingerprint density at radius 1 is 0.369 bits per heavy atom. The summed E-state index contributed by atoms with van der Waals surface area (Å²) < 4.78 is 0. The average Bonchev–Trinajstić information content (AvgIpc) is 3.59. The molecule has 0 atom stereocenters. The second kappa shape index (κ2) is 14.8. The SMILES string of the molecule is CC1(C)c2ccccc2-c2ccc(-c3c4cc(N5CCCc6ccccc65)ccc4c(-c4c(-c5ccccc5)ccc5ccccc45)c4cc(N5CCCc6ccccc65)ccc34)cc21. The largest absolute Gasteiger partial charge is 0.341 e. The fourth-order valence-electron chi connectivity index (χ4n) is 12.0. The maximum atomic E-state index is 2.57. The van der Waals surface area contributed by atoms with E-state index < -0.39 is 0 Å². The van der Waals surface area contributed by atoms with E-state index in [9.17, 15) is 0 Å². The number of hydrogen-bond acceptors (Lipinski definition) is 2. The molecule has 0 aromatic heterocycles. The van der Waals surface area contributed by atoms with Gasteiger partial charge in [-0.05, 0) is 167 Å². The minimum atomic E-state index is -0.126. The van der Waals surface area contributed by atoms with Crippen molar-refractivity contribution in [1.29, 1.82) is 0 Å². The first-order valence-electron chi connectivity index (χ1n) is 23.6. The van der Waals surface area contributed by atoms with Crippen LogP contribution in [0, 0.1) is 0 Å². The molecule has 10 aromatic rings. The number of benzene rings is 10. The highest BCUT2D eigenvalue weighted by Gasteiger charge is 2.36. The summed E-state index contributed by atoms with van der Waals surface area (Å²) >= 11 is 0. The van der Waals surface area contributed by atoms with E-state index in [1.807, 2.05) is 0 Å². The summed E-state index contributed by atoms with van der Waals surface area (Å²) in [7, 11) is 0. The molecule has 0 N–H and O–H groups in total. The van der Waals surface area contributed by atoms with Gasteiger partial charge in [0.05, 0.1) is 0 Å². The van der Waals surface area contributed by atoms with Gasteiger partial charge in [0.25, 0.3) is 0 Å². The minimum absolute atomic E-state index is 0.126. The number of fused-ring (bicyclic) bond motifs is 8. The third-order valence-electron chi connectivity index (χ3n) is 15.1. The topological polar surface area (TPSA) is 6.48 Å². The van der Waals surface area contributed by atoms with Gasteiger partial charge in [-0.3, -0.25) is 0 Å². The Hall–Kier alpha value is -7.42. The second-order valence-electron chi connectivity index (χ2n) is 19.0. The average molecular weight is 835 g/mol. The van der Waals surface area contributed by atoms with E-state index in [0.717, 1.165) is 38.8 Å². The fourth-order valence-corrected chi connectivity index (χ4v) is 12.0. The van der Waals surface area contributed by atoms with Crippen LogP contribution in [0.1, 0.15) is 48.9 Å². The lowest BCUT2D eigenvalue weighted by atomic mass is 9.79. The zero-order valence-corrected chi connectivity index (χ0v) is 37.1. The van der Waals surface area contributed by atoms with Crippen molar-refractivity contribution < 1.29 is 0 Å². The molecule has 0 spiro atoms. The van der Waals surface area contributed by atoms with Gasteiger partial charge in [-0.2, -0.15) is 0 Å². The number of rotatable bonds is 5. The number of para-hydroxylation sites is 2. The molecule has 0 unspecified atom stereocenters. The Bertz CT molecular complexity index is 3540. The Morgan fingerprint density at radius 2 is 0.938 bits per heavy atom. The molecule has 0 saturated heterocycles. The normalized spacial score (nSPS) is 14.9. The van der Waals surface area contributed by atoms with E-state index >= 15 is 0 Å². The van der Waals surface area contributed by atoms with Gasteiger partial charge in [0, 0.05) is 41.3 Å². The van der Waals surface area contributed by atoms with Crippen molar-refractivity contribution in [2.24, 2.45) is 0 Å². The summed E-state index contributed by atoms with van der Waals surface area (Å²) in [4.78, 5) is 5.14. The highest BCUT2D eigenvalue weighted by atomic mass is 15.1. The molecule has 2 heterocycles. The van der Waals surface area contributed by atoms with Crippen LogP contribution >= 0.6 is 0 Å². The van der Waals surface area contributed by atoms with Gasteiger partial charge in [-0.1, -0.05) is 166 Å². The molecule has 0 amide bonds. The second-order valence-corrected chi connectivity index (χ2v) is 19.0. The molecule has 10 aromatic carbocycles. The number of aryl methyl sites for hydroxylation is 2. The first-order valence-corrected chi connectivity index (χ1v) is 23.6. The van der Waals surface area contributed by atoms with Gasteiger partial charge in [0.2, 0.25) is 0 Å². The lowest BCUT2D eigenvalue weighted by Crippen LogP contribution is -2.24. The van der Waals surface area contributed by atoms with Crippen LogP contribution < -0.4 is 9.80 Å². The maximum absolute atomic E-state index is 2.57. The molecule has 0 bridgehead atoms. The number of hydrogen-bond donors (Lipinski definition) is 0. The van der Waals surface area contributed by atoms with Crippen LogP contribution in [-0.4, -0.2) is 13.1 Å². The molecule has 312 valence electrons. The van der Waals surface area contributed by atoms with Gasteiger partial charge in [0.15, 0.2) is 0 Å². The van der Waals surface area contributed by atoms with Crippen molar-refractivity contribution in [2.45, 2.75) is 44.9 Å². The van der Waals surface area contributed by atoms with Gasteiger partial charge in [0.1, 0.15) is 0 Å². The van der Waals surface area contributed by atoms with Crippen molar-refractivity contribution in [1.82, 2.24) is 0 Å². The fraction of sp³-hybridized carbons (Fsp3) is 0.143. The Labute approximate surface area is 382 Å². The smallest absolute Gasteiger partial charge is 0.0443 e. The van der Waals surface area contributed by atoms with E-state index in [4.69, 9.17) is 0 Å². The third-order valence-corrected chi connectivity index (χ3v) is 15.1. The Morgan fingerprint density at radius 3 is 1.66 bits per heavy atom. The monoisotopic (exact) mass is 834 g/mol. The van der Waals surface area contributed by atoms with Crippen LogP contribution in [0.3, 0.4) is 0 Å². The van der Waals surface area contributed by atoms with Gasteiger partial charge in [-0.15, -0.1) is 0 Å². The summed E-state index contributed by atoms with van der Waals surface area (Å²) in [6, 6.07) is 73.9. The highest BCUT2D eigenvalue weighted by Crippen LogP contribution is 2.54. The van der Waals surface area contributed by atoms with Crippen molar-refractivity contribution >= 4 is 55.1 Å². The maximum Gasteiger partial charge on any atom is 0.0443 e. The lowest BCUT2D eigenvalue weighted by molar-refractivity contribution is 0.660. The molecule has 1 aliphatic carbocycles. The van der Waals surface area contributed by atoms with Crippen LogP contribution in [0.25, 0.3) is 76.8 Å². The molecule has 0 saturated carbocycles. The van der Waals surface area contributed by atoms with E-state index in [1.54, 1.807) is 0 Å². The predicted molar refractivity (Wildman–Crippen MR) is 276 cm³/mol. The molecule has 65 heavy (non-hydrogen) atoms. The number of anilines is 4. The Kier molecular flexibility index (Phi) is 8.68. The van der Waals surface area contributed by atoms with E-state index in [0.29, 0.717) is 0 Å². The van der Waals surface area contributed by atoms with E-state index in [-0.39, 0.29) is 5.41 Å². The van der Waals surface area contributed by atoms with E-state index in [1.165, 1.54) is 122 Å². The van der Waals surface area contributed by atoms with Crippen LogP contribution in [0.2, 0.25) is 0 Å². The summed E-state index contributed by atoms with van der Waals surface area (Å²) in [5.41, 5.74) is 21.0. The molecule has 2 aliphatic heterocycles. The van der Waals surface area contributed by atoms with Crippen LogP contribution in [0.5, 0.6) is 0 Å². The molecule has 0 radical (unpaired) electrons. The molecular weight excluding hydrogens is 785 g/mol. The van der Waals surface area contributed by atoms with Gasteiger partial charge < -0.3 is 9.80 Å². The minimum Gasteiger partial charge on any atom is -0.341 e. The Balaban J connectivity index is 1.17. The van der Waals surface area contributed by atoms with Crippen molar-refractivity contribution in [3.63, 3.8) is 0 Å². The van der Waals surface area contributed by atoms with Gasteiger partial charge >= 0.3 is 0 Å². The van der Waals surface area contributed by atoms with Crippen LogP contribution in [-0.2, 0) is 18.3 Å². The predicted octanol–water partition coefficient (Wildman–Crippen LogP) is 16.6. The zero-order valence-electron chi connectivity index (χ0n) is 37.1. The first kappa shape index (κ1) is 38.1. The summed E-state index contributed by atoms with van der Waals surface area (Å²) in [5, 5.41) is 7.62.